The second-order valence-electron chi connectivity index (χ2n) is 10.8. The summed E-state index contributed by atoms with van der Waals surface area (Å²) in [7, 11) is 1.85. The molecule has 2 N–H and O–H groups in total. The van der Waals surface area contributed by atoms with Gasteiger partial charge in [0.15, 0.2) is 5.82 Å². The fourth-order valence-electron chi connectivity index (χ4n) is 6.03. The van der Waals surface area contributed by atoms with Gasteiger partial charge in [0.05, 0.1) is 46.9 Å². The second kappa shape index (κ2) is 11.6. The van der Waals surface area contributed by atoms with Crippen LogP contribution in [0.5, 0.6) is 0 Å². The topological polar surface area (TPSA) is 96.7 Å². The van der Waals surface area contributed by atoms with Crippen molar-refractivity contribution in [3.63, 3.8) is 0 Å². The largest absolute Gasteiger partial charge is 0.462 e. The number of nitrogens with one attached hydrogen (secondary N) is 1. The number of carbonyl (C=O) groups is 2. The van der Waals surface area contributed by atoms with E-state index in [0.717, 1.165) is 52.2 Å². The average molecular weight is 585 g/mol. The van der Waals surface area contributed by atoms with E-state index >= 15 is 0 Å². The molecule has 2 aliphatic rings. The minimum atomic E-state index is -0.463. The lowest BCUT2D eigenvalue weighted by atomic mass is 9.96. The molecule has 4 aromatic rings. The van der Waals surface area contributed by atoms with Crippen molar-refractivity contribution in [1.29, 1.82) is 0 Å². The maximum Gasteiger partial charge on any atom is 0.340 e. The maximum absolute atomic E-state index is 13.5. The third kappa shape index (κ3) is 5.05. The Hall–Kier alpha value is -4.14. The van der Waals surface area contributed by atoms with Gasteiger partial charge in [-0.15, -0.1) is 0 Å². The first-order chi connectivity index (χ1) is 20.4. The Balaban J connectivity index is 1.24. The molecule has 1 unspecified atom stereocenters. The summed E-state index contributed by atoms with van der Waals surface area (Å²) in [6, 6.07) is 18.9. The Labute approximate surface area is 249 Å². The molecule has 216 valence electrons. The van der Waals surface area contributed by atoms with E-state index < -0.39 is 6.10 Å². The number of rotatable bonds is 7. The van der Waals surface area contributed by atoms with Crippen LogP contribution in [0.1, 0.15) is 69.4 Å². The van der Waals surface area contributed by atoms with Crippen molar-refractivity contribution >= 4 is 34.9 Å². The van der Waals surface area contributed by atoms with Crippen molar-refractivity contribution in [3.8, 4) is 11.1 Å². The zero-order valence-corrected chi connectivity index (χ0v) is 24.4. The number of hydrogen-bond acceptors (Lipinski definition) is 6. The minimum Gasteiger partial charge on any atom is -0.462 e. The number of ether oxygens (including phenoxy) is 1. The number of fused-ring (bicyclic) bond motifs is 2. The molecular weight excluding hydrogens is 552 g/mol. The molecule has 0 saturated heterocycles. The van der Waals surface area contributed by atoms with Gasteiger partial charge in [0, 0.05) is 31.3 Å². The van der Waals surface area contributed by atoms with Gasteiger partial charge >= 0.3 is 5.97 Å². The molecule has 3 aromatic carbocycles. The van der Waals surface area contributed by atoms with Gasteiger partial charge in [-0.1, -0.05) is 61.0 Å². The number of amides is 1. The van der Waals surface area contributed by atoms with Gasteiger partial charge < -0.3 is 24.6 Å². The Morgan fingerprint density at radius 2 is 1.86 bits per heavy atom. The lowest BCUT2D eigenvalue weighted by Gasteiger charge is -2.30. The number of benzene rings is 3. The molecule has 1 aromatic heterocycles. The van der Waals surface area contributed by atoms with Crippen molar-refractivity contribution in [2.45, 2.75) is 45.3 Å². The van der Waals surface area contributed by atoms with Crippen LogP contribution in [0.25, 0.3) is 11.1 Å². The highest BCUT2D eigenvalue weighted by molar-refractivity contribution is 6.36. The number of halogens is 1. The first-order valence-corrected chi connectivity index (χ1v) is 14.7. The number of anilines is 2. The molecule has 1 atom stereocenters. The van der Waals surface area contributed by atoms with Gasteiger partial charge in [0.25, 0.3) is 5.91 Å². The van der Waals surface area contributed by atoms with Crippen LogP contribution in [0.3, 0.4) is 0 Å². The number of aliphatic hydroxyl groups is 1. The Kier molecular flexibility index (Phi) is 7.75. The highest BCUT2D eigenvalue weighted by Gasteiger charge is 2.29. The van der Waals surface area contributed by atoms with Crippen LogP contribution in [0.15, 0.2) is 60.7 Å². The van der Waals surface area contributed by atoms with E-state index in [2.05, 4.69) is 10.2 Å². The number of imidazole rings is 1. The normalized spacial score (nSPS) is 15.7. The predicted molar refractivity (Wildman–Crippen MR) is 163 cm³/mol. The van der Waals surface area contributed by atoms with E-state index in [1.54, 1.807) is 12.1 Å². The van der Waals surface area contributed by atoms with Crippen molar-refractivity contribution in [1.82, 2.24) is 9.55 Å². The highest BCUT2D eigenvalue weighted by atomic mass is 35.5. The van der Waals surface area contributed by atoms with E-state index in [1.807, 2.05) is 67.1 Å². The van der Waals surface area contributed by atoms with Crippen molar-refractivity contribution < 1.29 is 19.4 Å². The highest BCUT2D eigenvalue weighted by Crippen LogP contribution is 2.41. The summed E-state index contributed by atoms with van der Waals surface area (Å²) in [5.41, 5.74) is 7.41. The number of nitrogens with zero attached hydrogens (tertiary/aromatic N) is 3. The molecule has 6 rings (SSSR count). The van der Waals surface area contributed by atoms with Gasteiger partial charge in [-0.05, 0) is 54.2 Å². The van der Waals surface area contributed by atoms with Crippen molar-refractivity contribution in [3.05, 3.63) is 99.6 Å². The summed E-state index contributed by atoms with van der Waals surface area (Å²) >= 11 is 6.86. The van der Waals surface area contributed by atoms with Crippen molar-refractivity contribution in [2.75, 3.05) is 23.4 Å². The zero-order valence-electron chi connectivity index (χ0n) is 23.7. The Morgan fingerprint density at radius 3 is 2.69 bits per heavy atom. The molecule has 0 fully saturated rings. The van der Waals surface area contributed by atoms with Gasteiger partial charge in [-0.3, -0.25) is 4.79 Å². The fourth-order valence-corrected chi connectivity index (χ4v) is 6.31. The summed E-state index contributed by atoms with van der Waals surface area (Å²) < 4.78 is 7.24. The molecule has 9 heteroatoms. The first-order valence-electron chi connectivity index (χ1n) is 14.3. The molecule has 8 nitrogen and oxygen atoms in total. The van der Waals surface area contributed by atoms with Crippen LogP contribution >= 0.6 is 11.6 Å². The number of esters is 1. The van der Waals surface area contributed by atoms with Gasteiger partial charge in [-0.2, -0.15) is 0 Å². The van der Waals surface area contributed by atoms with Crippen LogP contribution in [-0.2, 0) is 31.2 Å². The molecule has 42 heavy (non-hydrogen) atoms. The van der Waals surface area contributed by atoms with E-state index in [0.29, 0.717) is 54.6 Å². The maximum atomic E-state index is 13.5. The number of hydrogen-bond donors (Lipinski definition) is 2. The first kappa shape index (κ1) is 28.0. The average Bonchev–Trinajstić information content (AvgIpc) is 3.56. The minimum absolute atomic E-state index is 0.294. The Morgan fingerprint density at radius 1 is 1.07 bits per heavy atom. The summed E-state index contributed by atoms with van der Waals surface area (Å²) in [6.07, 6.45) is 2.44. The third-order valence-corrected chi connectivity index (χ3v) is 8.54. The van der Waals surface area contributed by atoms with E-state index in [-0.39, 0.29) is 11.9 Å². The van der Waals surface area contributed by atoms with E-state index in [9.17, 15) is 14.7 Å². The van der Waals surface area contributed by atoms with Gasteiger partial charge in [0.1, 0.15) is 0 Å². The van der Waals surface area contributed by atoms with E-state index in [1.165, 1.54) is 0 Å². The standard InChI is InChI=1S/C33H33ClN4O4/c1-3-18-42-33(41)24-8-4-5-13-27(24)38-17-16-28-26(19-38)35-31(37(28)2)32(40)36-25-12-7-11-23(30(25)34)20-9-6-10-22-21(20)14-15-29(22)39/h4-13,29,39H,3,14-19H2,1-2H3,(H,36,40). The molecule has 1 aliphatic heterocycles. The second-order valence-corrected chi connectivity index (χ2v) is 11.1. The number of carbonyl (C=O) groups excluding carboxylic acids is 2. The third-order valence-electron chi connectivity index (χ3n) is 8.14. The molecule has 0 spiro atoms. The van der Waals surface area contributed by atoms with Crippen LogP contribution in [0.2, 0.25) is 5.02 Å². The summed E-state index contributed by atoms with van der Waals surface area (Å²) in [4.78, 5) is 33.1. The lowest BCUT2D eigenvalue weighted by molar-refractivity contribution is 0.0505. The predicted octanol–water partition coefficient (Wildman–Crippen LogP) is 6.10. The quantitative estimate of drug-likeness (QED) is 0.255. The molecule has 2 heterocycles. The van der Waals surface area contributed by atoms with Crippen LogP contribution in [0.4, 0.5) is 11.4 Å². The monoisotopic (exact) mass is 584 g/mol. The van der Waals surface area contributed by atoms with Crippen LogP contribution in [0, 0.1) is 0 Å². The van der Waals surface area contributed by atoms with Crippen LogP contribution in [-0.4, -0.2) is 39.7 Å². The fraction of sp³-hybridized carbons (Fsp3) is 0.303. The molecule has 1 amide bonds. The number of aliphatic hydroxyl groups excluding tert-OH is 1. The van der Waals surface area contributed by atoms with E-state index in [4.69, 9.17) is 21.3 Å². The van der Waals surface area contributed by atoms with Crippen molar-refractivity contribution in [2.24, 2.45) is 7.05 Å². The summed E-state index contributed by atoms with van der Waals surface area (Å²) in [5, 5.41) is 13.8. The number of para-hydroxylation sites is 1. The smallest absolute Gasteiger partial charge is 0.340 e. The molecule has 0 saturated carbocycles. The summed E-state index contributed by atoms with van der Waals surface area (Å²) in [6.45, 7) is 3.48. The molecule has 1 aliphatic carbocycles. The molecular formula is C33H33ClN4O4. The SMILES string of the molecule is CCCOC(=O)c1ccccc1N1CCc2c(nc(C(=O)Nc3cccc(-c4cccc5c4CCC5O)c3Cl)n2C)C1. The van der Waals surface area contributed by atoms with Crippen LogP contribution < -0.4 is 10.2 Å². The zero-order chi connectivity index (χ0) is 29.4. The number of aromatic nitrogens is 2. The molecule has 0 bridgehead atoms. The molecule has 0 radical (unpaired) electrons. The van der Waals surface area contributed by atoms with Gasteiger partial charge in [0.2, 0.25) is 0 Å². The van der Waals surface area contributed by atoms with Gasteiger partial charge in [-0.25, -0.2) is 9.78 Å². The summed E-state index contributed by atoms with van der Waals surface area (Å²) in [5.74, 6) is -0.396. The lowest BCUT2D eigenvalue weighted by Crippen LogP contribution is -2.32. The Bertz CT molecular complexity index is 1680.